The lowest BCUT2D eigenvalue weighted by molar-refractivity contribution is 0.0908. The number of pyridine rings is 1. The van der Waals surface area contributed by atoms with Crippen molar-refractivity contribution in [1.29, 1.82) is 0 Å². The lowest BCUT2D eigenvalue weighted by Crippen LogP contribution is -2.42. The molecule has 4 aromatic rings. The Kier molecular flexibility index (Phi) is 4.79. The van der Waals surface area contributed by atoms with Crippen LogP contribution in [-0.2, 0) is 0 Å². The average Bonchev–Trinajstić information content (AvgIpc) is 3.44. The first kappa shape index (κ1) is 18.9. The Morgan fingerprint density at radius 1 is 1.17 bits per heavy atom. The van der Waals surface area contributed by atoms with Gasteiger partial charge >= 0.3 is 0 Å². The molecule has 6 heteroatoms. The third-order valence-corrected chi connectivity index (χ3v) is 6.14. The molecule has 1 N–H and O–H groups in total. The highest BCUT2D eigenvalue weighted by molar-refractivity contribution is 5.89. The van der Waals surface area contributed by atoms with Crippen molar-refractivity contribution in [3.63, 3.8) is 0 Å². The maximum atomic E-state index is 6.74. The Labute approximate surface area is 176 Å². The molecule has 6 nitrogen and oxygen atoms in total. The molecule has 0 saturated carbocycles. The average molecular weight is 402 g/mol. The van der Waals surface area contributed by atoms with E-state index in [1.54, 1.807) is 10.9 Å². The number of nitrogens with zero attached hydrogens (tertiary/aromatic N) is 4. The van der Waals surface area contributed by atoms with Crippen LogP contribution in [-0.4, -0.2) is 50.9 Å². The number of aryl methyl sites for hydroxylation is 2. The van der Waals surface area contributed by atoms with Gasteiger partial charge in [0.2, 0.25) is 0 Å². The Balaban J connectivity index is 1.46. The molecule has 0 amide bonds. The van der Waals surface area contributed by atoms with Crippen molar-refractivity contribution in [2.75, 3.05) is 20.1 Å². The third-order valence-electron chi connectivity index (χ3n) is 6.14. The summed E-state index contributed by atoms with van der Waals surface area (Å²) in [5.41, 5.74) is 4.80. The van der Waals surface area contributed by atoms with E-state index in [9.17, 15) is 0 Å². The predicted molar refractivity (Wildman–Crippen MR) is 118 cm³/mol. The number of nitrogens with one attached hydrogen (secondary N) is 1. The molecule has 0 aliphatic carbocycles. The second-order valence-electron chi connectivity index (χ2n) is 8.32. The van der Waals surface area contributed by atoms with Gasteiger partial charge in [-0.3, -0.25) is 0 Å². The summed E-state index contributed by atoms with van der Waals surface area (Å²) >= 11 is 0. The normalized spacial score (nSPS) is 20.0. The number of rotatable bonds is 4. The Bertz CT molecular complexity index is 1150. The number of likely N-dealkylation sites (N-methyl/N-ethyl adjacent to an activating group) is 1. The van der Waals surface area contributed by atoms with Crippen LogP contribution in [0.3, 0.4) is 0 Å². The van der Waals surface area contributed by atoms with E-state index < -0.39 is 0 Å². The van der Waals surface area contributed by atoms with Crippen LogP contribution in [0.15, 0.2) is 55.1 Å². The molecule has 1 aromatic carbocycles. The van der Waals surface area contributed by atoms with Gasteiger partial charge in [0.25, 0.3) is 0 Å². The minimum Gasteiger partial charge on any atom is -0.489 e. The zero-order chi connectivity index (χ0) is 20.7. The van der Waals surface area contributed by atoms with E-state index in [0.29, 0.717) is 0 Å². The van der Waals surface area contributed by atoms with Gasteiger partial charge in [-0.25, -0.2) is 9.67 Å². The summed E-state index contributed by atoms with van der Waals surface area (Å²) < 4.78 is 8.52. The minimum atomic E-state index is 0.109. The van der Waals surface area contributed by atoms with E-state index in [4.69, 9.17) is 4.74 Å². The summed E-state index contributed by atoms with van der Waals surface area (Å²) in [7, 11) is 2.18. The van der Waals surface area contributed by atoms with Crippen LogP contribution in [0.4, 0.5) is 0 Å². The first-order valence-electron chi connectivity index (χ1n) is 10.5. The molecule has 2 atom stereocenters. The van der Waals surface area contributed by atoms with E-state index >= 15 is 0 Å². The van der Waals surface area contributed by atoms with Crippen LogP contribution in [0.25, 0.3) is 16.7 Å². The first-order valence-corrected chi connectivity index (χ1v) is 10.5. The van der Waals surface area contributed by atoms with Gasteiger partial charge in [0.1, 0.15) is 11.9 Å². The lowest BCUT2D eigenvalue weighted by Gasteiger charge is -2.37. The van der Waals surface area contributed by atoms with E-state index in [1.165, 1.54) is 16.7 Å². The van der Waals surface area contributed by atoms with Gasteiger partial charge in [-0.05, 0) is 62.2 Å². The fraction of sp³-hybridized carbons (Fsp3) is 0.333. The molecule has 1 aliphatic heterocycles. The van der Waals surface area contributed by atoms with E-state index in [2.05, 4.69) is 59.1 Å². The minimum absolute atomic E-state index is 0.109. The second-order valence-corrected chi connectivity index (χ2v) is 8.32. The summed E-state index contributed by atoms with van der Waals surface area (Å²) in [5.74, 6) is 2.09. The Morgan fingerprint density at radius 3 is 2.83 bits per heavy atom. The van der Waals surface area contributed by atoms with Crippen LogP contribution in [0.5, 0.6) is 5.75 Å². The predicted octanol–water partition coefficient (Wildman–Crippen LogP) is 4.23. The third kappa shape index (κ3) is 3.37. The summed E-state index contributed by atoms with van der Waals surface area (Å²) in [6, 6.07) is 10.4. The molecule has 1 fully saturated rings. The number of ether oxygens (including phenoxy) is 1. The maximum Gasteiger partial charge on any atom is 0.153 e. The zero-order valence-electron chi connectivity index (χ0n) is 17.7. The number of fused-ring (bicyclic) bond motifs is 1. The second kappa shape index (κ2) is 7.61. The van der Waals surface area contributed by atoms with Crippen molar-refractivity contribution in [3.05, 3.63) is 71.8 Å². The molecule has 1 aliphatic rings. The molecule has 0 bridgehead atoms. The fourth-order valence-corrected chi connectivity index (χ4v) is 4.58. The lowest BCUT2D eigenvalue weighted by atomic mass is 9.88. The van der Waals surface area contributed by atoms with Gasteiger partial charge in [0, 0.05) is 49.2 Å². The first-order chi connectivity index (χ1) is 14.6. The van der Waals surface area contributed by atoms with Crippen molar-refractivity contribution < 1.29 is 4.74 Å². The fourth-order valence-electron chi connectivity index (χ4n) is 4.58. The number of benzene rings is 1. The molecule has 3 aromatic heterocycles. The van der Waals surface area contributed by atoms with Gasteiger partial charge in [0.05, 0.1) is 5.52 Å². The molecule has 154 valence electrons. The highest BCUT2D eigenvalue weighted by atomic mass is 16.5. The number of hydrogen-bond donors (Lipinski definition) is 1. The van der Waals surface area contributed by atoms with Gasteiger partial charge in [0.15, 0.2) is 5.82 Å². The SMILES string of the molecule is Cc1cc(C)c2[nH]ccc2c1O[C@@H]1CCN(C)CC1c1ccc(-n2cccn2)nc1. The summed E-state index contributed by atoms with van der Waals surface area (Å²) in [6.45, 7) is 6.26. The molecule has 0 spiro atoms. The quantitative estimate of drug-likeness (QED) is 0.556. The van der Waals surface area contributed by atoms with Gasteiger partial charge in [-0.2, -0.15) is 5.10 Å². The summed E-state index contributed by atoms with van der Waals surface area (Å²) in [5, 5.41) is 5.43. The van der Waals surface area contributed by atoms with Crippen LogP contribution in [0, 0.1) is 13.8 Å². The van der Waals surface area contributed by atoms with Crippen LogP contribution >= 0.6 is 0 Å². The number of aromatic amines is 1. The van der Waals surface area contributed by atoms with Gasteiger partial charge in [-0.1, -0.05) is 12.1 Å². The topological polar surface area (TPSA) is 59.0 Å². The highest BCUT2D eigenvalue weighted by Gasteiger charge is 2.32. The summed E-state index contributed by atoms with van der Waals surface area (Å²) in [4.78, 5) is 10.4. The summed E-state index contributed by atoms with van der Waals surface area (Å²) in [6.07, 6.45) is 8.74. The van der Waals surface area contributed by atoms with Crippen LogP contribution in [0.2, 0.25) is 0 Å². The van der Waals surface area contributed by atoms with Gasteiger partial charge in [-0.15, -0.1) is 0 Å². The van der Waals surface area contributed by atoms with Crippen molar-refractivity contribution in [2.24, 2.45) is 0 Å². The van der Waals surface area contributed by atoms with Crippen molar-refractivity contribution >= 4 is 10.9 Å². The van der Waals surface area contributed by atoms with E-state index in [0.717, 1.165) is 42.0 Å². The largest absolute Gasteiger partial charge is 0.489 e. The molecule has 0 radical (unpaired) electrons. The molecule has 30 heavy (non-hydrogen) atoms. The number of H-pyrrole nitrogens is 1. The Hall–Kier alpha value is -3.12. The van der Waals surface area contributed by atoms with Crippen LogP contribution in [0.1, 0.15) is 29.0 Å². The van der Waals surface area contributed by atoms with Crippen molar-refractivity contribution in [2.45, 2.75) is 32.3 Å². The maximum absolute atomic E-state index is 6.74. The zero-order valence-corrected chi connectivity index (χ0v) is 17.7. The number of aromatic nitrogens is 4. The van der Waals surface area contributed by atoms with Crippen molar-refractivity contribution in [3.8, 4) is 11.6 Å². The molecule has 5 rings (SSSR count). The number of piperidine rings is 1. The molecule has 1 unspecified atom stereocenters. The standard InChI is InChI=1S/C24H27N5O/c1-16-13-17(2)24(19-7-10-25-23(16)19)30-21-8-12-28(3)15-20(21)18-5-6-22(26-14-18)29-11-4-9-27-29/h4-7,9-11,13-14,20-21,25H,8,12,15H2,1-3H3/t20?,21-/m1/s1. The highest BCUT2D eigenvalue weighted by Crippen LogP contribution is 2.36. The van der Waals surface area contributed by atoms with E-state index in [-0.39, 0.29) is 12.0 Å². The smallest absolute Gasteiger partial charge is 0.153 e. The van der Waals surface area contributed by atoms with Crippen molar-refractivity contribution in [1.82, 2.24) is 24.6 Å². The van der Waals surface area contributed by atoms with Crippen LogP contribution < -0.4 is 4.74 Å². The monoisotopic (exact) mass is 401 g/mol. The van der Waals surface area contributed by atoms with E-state index in [1.807, 2.05) is 30.7 Å². The molecule has 4 heterocycles. The van der Waals surface area contributed by atoms with Gasteiger partial charge < -0.3 is 14.6 Å². The number of likely N-dealkylation sites (tertiary alicyclic amines) is 1. The molecular weight excluding hydrogens is 374 g/mol. The number of hydrogen-bond acceptors (Lipinski definition) is 4. The Morgan fingerprint density at radius 2 is 2.07 bits per heavy atom. The molecule has 1 saturated heterocycles. The molecular formula is C24H27N5O.